The van der Waals surface area contributed by atoms with Crippen molar-refractivity contribution in [2.24, 2.45) is 5.73 Å². The van der Waals surface area contributed by atoms with E-state index in [-0.39, 0.29) is 11.6 Å². The van der Waals surface area contributed by atoms with Crippen molar-refractivity contribution in [2.45, 2.75) is 37.8 Å². The van der Waals surface area contributed by atoms with Crippen LogP contribution in [0.5, 0.6) is 0 Å². The predicted octanol–water partition coefficient (Wildman–Crippen LogP) is 2.21. The number of pyridine rings is 1. The molecular weight excluding hydrogens is 238 g/mol. The smallest absolute Gasteiger partial charge is 0.255 e. The molecule has 4 N–H and O–H groups in total. The average molecular weight is 257 g/mol. The van der Waals surface area contributed by atoms with Crippen LogP contribution in [0.15, 0.2) is 35.3 Å². The first-order chi connectivity index (χ1) is 9.24. The topological polar surface area (TPSA) is 70.9 Å². The van der Waals surface area contributed by atoms with Gasteiger partial charge in [-0.25, -0.2) is 0 Å². The van der Waals surface area contributed by atoms with E-state index in [1.807, 2.05) is 24.3 Å². The summed E-state index contributed by atoms with van der Waals surface area (Å²) in [6.45, 7) is 0. The van der Waals surface area contributed by atoms with E-state index in [9.17, 15) is 4.79 Å². The standard InChI is InChI=1S/C15H19N3O/c16-13-3-1-2-4-14(13)18-11-5-6-12-10(9-11)7-8-17-15(12)19/h5-9,13-14,18H,1-4,16H2,(H,17,19)/t13-,14+/m0/s1. The second kappa shape index (κ2) is 5.05. The fourth-order valence-electron chi connectivity index (χ4n) is 2.83. The largest absolute Gasteiger partial charge is 0.381 e. The Morgan fingerprint density at radius 3 is 2.89 bits per heavy atom. The number of benzene rings is 1. The molecule has 0 saturated heterocycles. The van der Waals surface area contributed by atoms with E-state index in [4.69, 9.17) is 5.73 Å². The molecule has 0 unspecified atom stereocenters. The van der Waals surface area contributed by atoms with Gasteiger partial charge in [-0.1, -0.05) is 12.8 Å². The molecule has 1 aliphatic rings. The van der Waals surface area contributed by atoms with Crippen LogP contribution in [-0.2, 0) is 0 Å². The molecule has 1 fully saturated rings. The molecule has 1 aliphatic carbocycles. The van der Waals surface area contributed by atoms with Gasteiger partial charge in [0.1, 0.15) is 0 Å². The van der Waals surface area contributed by atoms with Crippen molar-refractivity contribution < 1.29 is 0 Å². The average Bonchev–Trinajstić information content (AvgIpc) is 2.42. The SMILES string of the molecule is N[C@H]1CCCC[C@H]1Nc1ccc2c(=O)[nH]ccc2c1. The molecule has 0 radical (unpaired) electrons. The fourth-order valence-corrected chi connectivity index (χ4v) is 2.83. The number of hydrogen-bond acceptors (Lipinski definition) is 3. The summed E-state index contributed by atoms with van der Waals surface area (Å²) < 4.78 is 0. The van der Waals surface area contributed by atoms with Crippen LogP contribution >= 0.6 is 0 Å². The highest BCUT2D eigenvalue weighted by atomic mass is 16.1. The van der Waals surface area contributed by atoms with Gasteiger partial charge in [0.25, 0.3) is 5.56 Å². The molecule has 2 atom stereocenters. The third-order valence-corrected chi connectivity index (χ3v) is 3.94. The van der Waals surface area contributed by atoms with E-state index in [2.05, 4.69) is 10.3 Å². The second-order valence-corrected chi connectivity index (χ2v) is 5.31. The molecule has 4 nitrogen and oxygen atoms in total. The molecule has 1 aromatic heterocycles. The van der Waals surface area contributed by atoms with Crippen molar-refractivity contribution in [2.75, 3.05) is 5.32 Å². The Kier molecular flexibility index (Phi) is 3.25. The summed E-state index contributed by atoms with van der Waals surface area (Å²) in [6.07, 6.45) is 6.35. The number of nitrogens with two attached hydrogens (primary N) is 1. The molecule has 1 aromatic carbocycles. The van der Waals surface area contributed by atoms with Crippen molar-refractivity contribution in [1.82, 2.24) is 4.98 Å². The Hall–Kier alpha value is -1.81. The van der Waals surface area contributed by atoms with Gasteiger partial charge in [0.2, 0.25) is 0 Å². The van der Waals surface area contributed by atoms with Gasteiger partial charge in [-0.05, 0) is 42.5 Å². The van der Waals surface area contributed by atoms with Gasteiger partial charge in [-0.2, -0.15) is 0 Å². The lowest BCUT2D eigenvalue weighted by Gasteiger charge is -2.30. The summed E-state index contributed by atoms with van der Waals surface area (Å²) in [6, 6.07) is 8.33. The minimum atomic E-state index is -0.0431. The van der Waals surface area contributed by atoms with E-state index < -0.39 is 0 Å². The van der Waals surface area contributed by atoms with Crippen LogP contribution in [0.4, 0.5) is 5.69 Å². The maximum absolute atomic E-state index is 11.6. The lowest BCUT2D eigenvalue weighted by atomic mass is 9.91. The summed E-state index contributed by atoms with van der Waals surface area (Å²) in [7, 11) is 0. The van der Waals surface area contributed by atoms with Crippen LogP contribution in [0.25, 0.3) is 10.8 Å². The Morgan fingerprint density at radius 1 is 1.21 bits per heavy atom. The highest BCUT2D eigenvalue weighted by Gasteiger charge is 2.21. The van der Waals surface area contributed by atoms with E-state index in [0.29, 0.717) is 6.04 Å². The number of fused-ring (bicyclic) bond motifs is 1. The summed E-state index contributed by atoms with van der Waals surface area (Å²) in [4.78, 5) is 14.3. The minimum absolute atomic E-state index is 0.0431. The molecule has 0 aliphatic heterocycles. The number of H-pyrrole nitrogens is 1. The molecule has 0 bridgehead atoms. The molecule has 19 heavy (non-hydrogen) atoms. The third kappa shape index (κ3) is 2.49. The van der Waals surface area contributed by atoms with Gasteiger partial charge in [-0.15, -0.1) is 0 Å². The highest BCUT2D eigenvalue weighted by molar-refractivity contribution is 5.84. The normalized spacial score (nSPS) is 23.4. The predicted molar refractivity (Wildman–Crippen MR) is 78.4 cm³/mol. The van der Waals surface area contributed by atoms with Gasteiger partial charge in [0, 0.05) is 29.4 Å². The Morgan fingerprint density at radius 2 is 2.05 bits per heavy atom. The van der Waals surface area contributed by atoms with Crippen molar-refractivity contribution in [3.63, 3.8) is 0 Å². The zero-order valence-electron chi connectivity index (χ0n) is 10.9. The monoisotopic (exact) mass is 257 g/mol. The van der Waals surface area contributed by atoms with Crippen molar-refractivity contribution in [1.29, 1.82) is 0 Å². The highest BCUT2D eigenvalue weighted by Crippen LogP contribution is 2.22. The molecule has 1 saturated carbocycles. The van der Waals surface area contributed by atoms with Crippen LogP contribution in [0.3, 0.4) is 0 Å². The van der Waals surface area contributed by atoms with Crippen LogP contribution in [0.2, 0.25) is 0 Å². The zero-order chi connectivity index (χ0) is 13.2. The summed E-state index contributed by atoms with van der Waals surface area (Å²) in [5.74, 6) is 0. The van der Waals surface area contributed by atoms with Crippen molar-refractivity contribution in [3.05, 3.63) is 40.8 Å². The van der Waals surface area contributed by atoms with Gasteiger partial charge < -0.3 is 16.0 Å². The maximum Gasteiger partial charge on any atom is 0.255 e. The number of nitrogens with one attached hydrogen (secondary N) is 2. The lowest BCUT2D eigenvalue weighted by molar-refractivity contribution is 0.404. The van der Waals surface area contributed by atoms with E-state index in [0.717, 1.165) is 29.3 Å². The van der Waals surface area contributed by atoms with Crippen molar-refractivity contribution in [3.8, 4) is 0 Å². The number of hydrogen-bond donors (Lipinski definition) is 3. The quantitative estimate of drug-likeness (QED) is 0.772. The minimum Gasteiger partial charge on any atom is -0.381 e. The maximum atomic E-state index is 11.6. The summed E-state index contributed by atoms with van der Waals surface area (Å²) >= 11 is 0. The zero-order valence-corrected chi connectivity index (χ0v) is 10.9. The van der Waals surface area contributed by atoms with Gasteiger partial charge >= 0.3 is 0 Å². The fraction of sp³-hybridized carbons (Fsp3) is 0.400. The van der Waals surface area contributed by atoms with Gasteiger partial charge in [-0.3, -0.25) is 4.79 Å². The number of rotatable bonds is 2. The van der Waals surface area contributed by atoms with E-state index >= 15 is 0 Å². The molecule has 1 heterocycles. The van der Waals surface area contributed by atoms with Gasteiger partial charge in [0.05, 0.1) is 0 Å². The molecular formula is C15H19N3O. The Bertz CT molecular complexity index is 635. The molecule has 4 heteroatoms. The molecule has 100 valence electrons. The van der Waals surface area contributed by atoms with Crippen LogP contribution in [0, 0.1) is 0 Å². The number of anilines is 1. The number of aromatic nitrogens is 1. The summed E-state index contributed by atoms with van der Waals surface area (Å²) in [5.41, 5.74) is 7.15. The van der Waals surface area contributed by atoms with Gasteiger partial charge in [0.15, 0.2) is 0 Å². The van der Waals surface area contributed by atoms with Crippen LogP contribution in [-0.4, -0.2) is 17.1 Å². The lowest BCUT2D eigenvalue weighted by Crippen LogP contribution is -2.42. The third-order valence-electron chi connectivity index (χ3n) is 3.94. The van der Waals surface area contributed by atoms with E-state index in [1.165, 1.54) is 12.8 Å². The second-order valence-electron chi connectivity index (χ2n) is 5.31. The molecule has 2 aromatic rings. The first-order valence-corrected chi connectivity index (χ1v) is 6.87. The molecule has 0 spiro atoms. The summed E-state index contributed by atoms with van der Waals surface area (Å²) in [5, 5.41) is 5.18. The molecule has 0 amide bonds. The Labute approximate surface area is 112 Å². The molecule has 3 rings (SSSR count). The first kappa shape index (κ1) is 12.2. The number of aromatic amines is 1. The van der Waals surface area contributed by atoms with Crippen molar-refractivity contribution >= 4 is 16.5 Å². The van der Waals surface area contributed by atoms with Crippen LogP contribution < -0.4 is 16.6 Å². The Balaban J connectivity index is 1.87. The first-order valence-electron chi connectivity index (χ1n) is 6.87. The van der Waals surface area contributed by atoms with E-state index in [1.54, 1.807) is 6.20 Å². The van der Waals surface area contributed by atoms with Crippen LogP contribution in [0.1, 0.15) is 25.7 Å².